The lowest BCUT2D eigenvalue weighted by Crippen LogP contribution is -2.50. The van der Waals surface area contributed by atoms with Crippen molar-refractivity contribution in [3.05, 3.63) is 120 Å². The van der Waals surface area contributed by atoms with Crippen LogP contribution in [0.4, 0.5) is 4.39 Å². The highest BCUT2D eigenvalue weighted by Crippen LogP contribution is 2.22. The van der Waals surface area contributed by atoms with Gasteiger partial charge in [-0.05, 0) is 52.4 Å². The zero-order valence-electron chi connectivity index (χ0n) is 21.9. The number of hydrogen-bond donors (Lipinski definition) is 1. The molecule has 0 aromatic heterocycles. The number of benzene rings is 4. The normalized spacial score (nSPS) is 11.7. The zero-order chi connectivity index (χ0) is 26.7. The molecule has 0 saturated carbocycles. The van der Waals surface area contributed by atoms with Crippen molar-refractivity contribution in [3.8, 4) is 0 Å². The number of halogens is 1. The fourth-order valence-corrected chi connectivity index (χ4v) is 4.74. The van der Waals surface area contributed by atoms with Crippen LogP contribution >= 0.6 is 0 Å². The van der Waals surface area contributed by atoms with Gasteiger partial charge in [0.05, 0.1) is 0 Å². The molecule has 1 unspecified atom stereocenters. The molecule has 0 bridgehead atoms. The van der Waals surface area contributed by atoms with E-state index in [0.29, 0.717) is 19.4 Å². The molecule has 4 rings (SSSR count). The van der Waals surface area contributed by atoms with Crippen molar-refractivity contribution >= 4 is 22.6 Å². The van der Waals surface area contributed by atoms with E-state index < -0.39 is 6.04 Å². The lowest BCUT2D eigenvalue weighted by molar-refractivity contribution is -0.141. The topological polar surface area (TPSA) is 49.4 Å². The standard InChI is InChI=1S/C33H35FN2O2/c1-2-3-22-35-33(38)31(23-25-10-5-4-6-11-25)36(24-26-16-19-29(34)20-17-26)32(37)21-18-28-14-9-13-27-12-7-8-15-30(27)28/h4-17,19-20,31H,2-3,18,21-24H2,1H3,(H,35,38). The van der Waals surface area contributed by atoms with Crippen LogP contribution in [0.2, 0.25) is 0 Å². The lowest BCUT2D eigenvalue weighted by atomic mass is 9.99. The molecule has 0 radical (unpaired) electrons. The van der Waals surface area contributed by atoms with E-state index in [1.807, 2.05) is 48.5 Å². The zero-order valence-corrected chi connectivity index (χ0v) is 21.9. The molecular formula is C33H35FN2O2. The lowest BCUT2D eigenvalue weighted by Gasteiger charge is -2.32. The van der Waals surface area contributed by atoms with Gasteiger partial charge in [-0.3, -0.25) is 9.59 Å². The average Bonchev–Trinajstić information content (AvgIpc) is 2.95. The molecule has 0 aliphatic heterocycles. The molecule has 4 aromatic carbocycles. The van der Waals surface area contributed by atoms with Crippen molar-refractivity contribution in [2.45, 2.75) is 51.6 Å². The maximum Gasteiger partial charge on any atom is 0.243 e. The molecule has 0 aliphatic rings. The predicted octanol–water partition coefficient (Wildman–Crippen LogP) is 6.47. The summed E-state index contributed by atoms with van der Waals surface area (Å²) >= 11 is 0. The van der Waals surface area contributed by atoms with Gasteiger partial charge in [0.25, 0.3) is 0 Å². The Bertz CT molecular complexity index is 1330. The van der Waals surface area contributed by atoms with Crippen molar-refractivity contribution < 1.29 is 14.0 Å². The molecule has 0 spiro atoms. The van der Waals surface area contributed by atoms with E-state index in [-0.39, 0.29) is 30.6 Å². The molecule has 1 atom stereocenters. The summed E-state index contributed by atoms with van der Waals surface area (Å²) in [6, 6.07) is 29.5. The molecule has 38 heavy (non-hydrogen) atoms. The number of amides is 2. The first-order chi connectivity index (χ1) is 18.5. The van der Waals surface area contributed by atoms with Gasteiger partial charge >= 0.3 is 0 Å². The van der Waals surface area contributed by atoms with Gasteiger partial charge in [0.15, 0.2) is 0 Å². The quantitative estimate of drug-likeness (QED) is 0.222. The molecule has 1 N–H and O–H groups in total. The van der Waals surface area contributed by atoms with E-state index in [0.717, 1.165) is 40.3 Å². The molecule has 0 saturated heterocycles. The SMILES string of the molecule is CCCCNC(=O)C(Cc1ccccc1)N(Cc1ccc(F)cc1)C(=O)CCc1cccc2ccccc12. The Balaban J connectivity index is 1.62. The second kappa shape index (κ2) is 13.5. The van der Waals surface area contributed by atoms with E-state index in [2.05, 4.69) is 36.5 Å². The highest BCUT2D eigenvalue weighted by Gasteiger charge is 2.30. The summed E-state index contributed by atoms with van der Waals surface area (Å²) < 4.78 is 13.6. The van der Waals surface area contributed by atoms with Crippen LogP contribution in [-0.2, 0) is 29.0 Å². The third-order valence-corrected chi connectivity index (χ3v) is 6.85. The first-order valence-corrected chi connectivity index (χ1v) is 13.4. The van der Waals surface area contributed by atoms with Crippen LogP contribution in [0.5, 0.6) is 0 Å². The fraction of sp³-hybridized carbons (Fsp3) is 0.273. The molecule has 2 amide bonds. The first-order valence-electron chi connectivity index (χ1n) is 13.4. The molecule has 0 fully saturated rings. The molecule has 4 nitrogen and oxygen atoms in total. The Hall–Kier alpha value is -3.99. The van der Waals surface area contributed by atoms with Gasteiger partial charge in [-0.15, -0.1) is 0 Å². The number of unbranched alkanes of at least 4 members (excludes halogenated alkanes) is 1. The van der Waals surface area contributed by atoms with Crippen LogP contribution in [0.25, 0.3) is 10.8 Å². The highest BCUT2D eigenvalue weighted by molar-refractivity contribution is 5.89. The van der Waals surface area contributed by atoms with Gasteiger partial charge < -0.3 is 10.2 Å². The van der Waals surface area contributed by atoms with Gasteiger partial charge in [-0.25, -0.2) is 4.39 Å². The Morgan fingerprint density at radius 1 is 0.842 bits per heavy atom. The Labute approximate surface area is 224 Å². The minimum Gasteiger partial charge on any atom is -0.354 e. The molecule has 4 aromatic rings. The first kappa shape index (κ1) is 27.1. The monoisotopic (exact) mass is 510 g/mol. The van der Waals surface area contributed by atoms with E-state index in [1.54, 1.807) is 17.0 Å². The van der Waals surface area contributed by atoms with E-state index in [9.17, 15) is 14.0 Å². The van der Waals surface area contributed by atoms with Crippen LogP contribution in [0.15, 0.2) is 97.1 Å². The van der Waals surface area contributed by atoms with Gasteiger partial charge in [0.1, 0.15) is 11.9 Å². The smallest absolute Gasteiger partial charge is 0.243 e. The largest absolute Gasteiger partial charge is 0.354 e. The number of fused-ring (bicyclic) bond motifs is 1. The maximum atomic E-state index is 13.9. The summed E-state index contributed by atoms with van der Waals surface area (Å²) in [7, 11) is 0. The van der Waals surface area contributed by atoms with Gasteiger partial charge in [0, 0.05) is 25.9 Å². The van der Waals surface area contributed by atoms with Gasteiger partial charge in [-0.1, -0.05) is 98.3 Å². The molecular weight excluding hydrogens is 475 g/mol. The number of nitrogens with zero attached hydrogens (tertiary/aromatic N) is 1. The third-order valence-electron chi connectivity index (χ3n) is 6.85. The number of carbonyl (C=O) groups is 2. The van der Waals surface area contributed by atoms with Gasteiger partial charge in [-0.2, -0.15) is 0 Å². The number of carbonyl (C=O) groups excluding carboxylic acids is 2. The average molecular weight is 511 g/mol. The van der Waals surface area contributed by atoms with Crippen molar-refractivity contribution in [2.75, 3.05) is 6.54 Å². The minimum atomic E-state index is -0.681. The predicted molar refractivity (Wildman–Crippen MR) is 151 cm³/mol. The summed E-state index contributed by atoms with van der Waals surface area (Å²) in [6.07, 6.45) is 3.07. The van der Waals surface area contributed by atoms with E-state index in [1.165, 1.54) is 12.1 Å². The van der Waals surface area contributed by atoms with E-state index >= 15 is 0 Å². The summed E-state index contributed by atoms with van der Waals surface area (Å²) in [5.74, 6) is -0.600. The maximum absolute atomic E-state index is 13.9. The van der Waals surface area contributed by atoms with Crippen LogP contribution in [0, 0.1) is 5.82 Å². The molecule has 5 heteroatoms. The number of aryl methyl sites for hydroxylation is 1. The van der Waals surface area contributed by atoms with E-state index in [4.69, 9.17) is 0 Å². The Morgan fingerprint density at radius 2 is 1.55 bits per heavy atom. The van der Waals surface area contributed by atoms with Crippen LogP contribution in [0.3, 0.4) is 0 Å². The molecule has 0 heterocycles. The minimum absolute atomic E-state index is 0.103. The van der Waals surface area contributed by atoms with Crippen molar-refractivity contribution in [1.82, 2.24) is 10.2 Å². The highest BCUT2D eigenvalue weighted by atomic mass is 19.1. The van der Waals surface area contributed by atoms with Crippen LogP contribution in [-0.4, -0.2) is 29.3 Å². The third kappa shape index (κ3) is 7.28. The summed E-state index contributed by atoms with van der Waals surface area (Å²) in [4.78, 5) is 29.0. The number of hydrogen-bond acceptors (Lipinski definition) is 2. The molecule has 0 aliphatic carbocycles. The molecule has 196 valence electrons. The van der Waals surface area contributed by atoms with Crippen molar-refractivity contribution in [3.63, 3.8) is 0 Å². The van der Waals surface area contributed by atoms with Gasteiger partial charge in [0.2, 0.25) is 11.8 Å². The second-order valence-corrected chi connectivity index (χ2v) is 9.64. The van der Waals surface area contributed by atoms with Crippen LogP contribution < -0.4 is 5.32 Å². The van der Waals surface area contributed by atoms with Crippen molar-refractivity contribution in [2.24, 2.45) is 0 Å². The van der Waals surface area contributed by atoms with Crippen molar-refractivity contribution in [1.29, 1.82) is 0 Å². The number of nitrogens with one attached hydrogen (secondary N) is 1. The Morgan fingerprint density at radius 3 is 2.32 bits per heavy atom. The summed E-state index contributed by atoms with van der Waals surface area (Å²) in [5, 5.41) is 5.31. The fourth-order valence-electron chi connectivity index (χ4n) is 4.74. The van der Waals surface area contributed by atoms with Crippen LogP contribution in [0.1, 0.15) is 42.9 Å². The summed E-state index contributed by atoms with van der Waals surface area (Å²) in [5.41, 5.74) is 2.86. The summed E-state index contributed by atoms with van der Waals surface area (Å²) in [6.45, 7) is 2.87. The Kier molecular flexibility index (Phi) is 9.63. The number of rotatable bonds is 12. The second-order valence-electron chi connectivity index (χ2n) is 9.64.